The van der Waals surface area contributed by atoms with Gasteiger partial charge in [-0.25, -0.2) is 15.8 Å². The van der Waals surface area contributed by atoms with Crippen LogP contribution in [0.25, 0.3) is 0 Å². The lowest BCUT2D eigenvalue weighted by Crippen LogP contribution is -2.36. The minimum absolute atomic E-state index is 0.234. The molecule has 2 rings (SSSR count). The third kappa shape index (κ3) is 3.20. The van der Waals surface area contributed by atoms with Crippen LogP contribution in [0, 0.1) is 24.7 Å². The summed E-state index contributed by atoms with van der Waals surface area (Å²) >= 11 is 0. The number of aromatic nitrogens is 2. The van der Waals surface area contributed by atoms with Crippen molar-refractivity contribution in [2.75, 3.05) is 5.43 Å². The normalized spacial score (nSPS) is 26.6. The van der Waals surface area contributed by atoms with Gasteiger partial charge in [0.1, 0.15) is 18.2 Å². The minimum Gasteiger partial charge on any atom is -0.474 e. The zero-order chi connectivity index (χ0) is 14.7. The molecule has 5 nitrogen and oxygen atoms in total. The van der Waals surface area contributed by atoms with E-state index < -0.39 is 0 Å². The molecule has 1 aliphatic carbocycles. The predicted molar refractivity (Wildman–Crippen MR) is 80.3 cm³/mol. The monoisotopic (exact) mass is 278 g/mol. The number of anilines is 1. The fourth-order valence-corrected chi connectivity index (χ4v) is 3.09. The van der Waals surface area contributed by atoms with Crippen LogP contribution in [-0.4, -0.2) is 16.1 Å². The Morgan fingerprint density at radius 3 is 2.75 bits per heavy atom. The number of hydrogen-bond acceptors (Lipinski definition) is 5. The van der Waals surface area contributed by atoms with Crippen LogP contribution in [0.4, 0.5) is 5.82 Å². The third-order valence-electron chi connectivity index (χ3n) is 4.40. The fraction of sp³-hybridized carbons (Fsp3) is 0.733. The van der Waals surface area contributed by atoms with Crippen LogP contribution in [0.5, 0.6) is 5.88 Å². The number of nitrogens with one attached hydrogen (secondary N) is 1. The molecule has 1 aromatic rings. The summed E-state index contributed by atoms with van der Waals surface area (Å²) < 4.78 is 6.23. The highest BCUT2D eigenvalue weighted by Gasteiger charge is 2.32. The molecule has 1 fully saturated rings. The lowest BCUT2D eigenvalue weighted by atomic mass is 9.75. The maximum absolute atomic E-state index is 6.23. The highest BCUT2D eigenvalue weighted by molar-refractivity contribution is 5.46. The largest absolute Gasteiger partial charge is 0.474 e. The van der Waals surface area contributed by atoms with Gasteiger partial charge in [-0.05, 0) is 37.5 Å². The first-order valence-electron chi connectivity index (χ1n) is 7.47. The average molecular weight is 278 g/mol. The van der Waals surface area contributed by atoms with E-state index in [1.807, 2.05) is 6.92 Å². The van der Waals surface area contributed by atoms with Gasteiger partial charge in [-0.2, -0.15) is 0 Å². The molecular formula is C15H26N4O. The number of hydrogen-bond donors (Lipinski definition) is 2. The molecule has 1 aliphatic rings. The molecule has 3 atom stereocenters. The van der Waals surface area contributed by atoms with Crippen molar-refractivity contribution in [3.63, 3.8) is 0 Å². The number of hydrazine groups is 1. The average Bonchev–Trinajstić information content (AvgIpc) is 2.41. The number of nitrogens with zero attached hydrogens (tertiary/aromatic N) is 2. The molecule has 1 saturated carbocycles. The fourth-order valence-electron chi connectivity index (χ4n) is 3.09. The minimum atomic E-state index is 0.234. The zero-order valence-corrected chi connectivity index (χ0v) is 12.9. The maximum atomic E-state index is 6.23. The van der Waals surface area contributed by atoms with Gasteiger partial charge in [-0.3, -0.25) is 0 Å². The molecule has 1 aromatic heterocycles. The van der Waals surface area contributed by atoms with E-state index in [0.29, 0.717) is 29.5 Å². The van der Waals surface area contributed by atoms with Crippen molar-refractivity contribution >= 4 is 5.82 Å². The Hall–Kier alpha value is -1.36. The SMILES string of the molecule is Cc1c(NN)ncnc1OC1CC(C)CCC1C(C)C. The Kier molecular flexibility index (Phi) is 4.81. The molecule has 1 heterocycles. The van der Waals surface area contributed by atoms with Gasteiger partial charge >= 0.3 is 0 Å². The van der Waals surface area contributed by atoms with Crippen molar-refractivity contribution in [1.29, 1.82) is 0 Å². The lowest BCUT2D eigenvalue weighted by molar-refractivity contribution is 0.0420. The van der Waals surface area contributed by atoms with E-state index in [1.165, 1.54) is 19.2 Å². The molecule has 0 aromatic carbocycles. The van der Waals surface area contributed by atoms with Crippen molar-refractivity contribution in [2.24, 2.45) is 23.6 Å². The molecule has 3 N–H and O–H groups in total. The van der Waals surface area contributed by atoms with Gasteiger partial charge in [-0.1, -0.05) is 27.2 Å². The van der Waals surface area contributed by atoms with E-state index in [2.05, 4.69) is 36.2 Å². The summed E-state index contributed by atoms with van der Waals surface area (Å²) in [5.41, 5.74) is 3.46. The number of ether oxygens (including phenoxy) is 1. The highest BCUT2D eigenvalue weighted by atomic mass is 16.5. The van der Waals surface area contributed by atoms with Gasteiger partial charge in [0.05, 0.1) is 5.56 Å². The van der Waals surface area contributed by atoms with Gasteiger partial charge in [0.25, 0.3) is 0 Å². The maximum Gasteiger partial charge on any atom is 0.221 e. The summed E-state index contributed by atoms with van der Waals surface area (Å²) in [7, 11) is 0. The quantitative estimate of drug-likeness (QED) is 0.654. The number of rotatable bonds is 4. The van der Waals surface area contributed by atoms with Crippen LogP contribution in [0.2, 0.25) is 0 Å². The Morgan fingerprint density at radius 1 is 1.35 bits per heavy atom. The van der Waals surface area contributed by atoms with Crippen LogP contribution in [0.3, 0.4) is 0 Å². The second kappa shape index (κ2) is 6.39. The first-order chi connectivity index (χ1) is 9.52. The summed E-state index contributed by atoms with van der Waals surface area (Å²) in [4.78, 5) is 8.36. The summed E-state index contributed by atoms with van der Waals surface area (Å²) in [6, 6.07) is 0. The lowest BCUT2D eigenvalue weighted by Gasteiger charge is -2.37. The second-order valence-electron chi connectivity index (χ2n) is 6.28. The van der Waals surface area contributed by atoms with Crippen molar-refractivity contribution in [1.82, 2.24) is 9.97 Å². The van der Waals surface area contributed by atoms with Crippen molar-refractivity contribution in [3.8, 4) is 5.88 Å². The Bertz CT molecular complexity index is 449. The van der Waals surface area contributed by atoms with E-state index >= 15 is 0 Å². The van der Waals surface area contributed by atoms with Crippen LogP contribution in [0.15, 0.2) is 6.33 Å². The Balaban J connectivity index is 2.18. The third-order valence-corrected chi connectivity index (χ3v) is 4.40. The van der Waals surface area contributed by atoms with E-state index in [-0.39, 0.29) is 6.10 Å². The van der Waals surface area contributed by atoms with Crippen molar-refractivity contribution in [3.05, 3.63) is 11.9 Å². The van der Waals surface area contributed by atoms with Crippen LogP contribution >= 0.6 is 0 Å². The van der Waals surface area contributed by atoms with Crippen molar-refractivity contribution < 1.29 is 4.74 Å². The molecule has 20 heavy (non-hydrogen) atoms. The topological polar surface area (TPSA) is 73.1 Å². The second-order valence-corrected chi connectivity index (χ2v) is 6.28. The molecule has 112 valence electrons. The zero-order valence-electron chi connectivity index (χ0n) is 12.9. The van der Waals surface area contributed by atoms with Crippen LogP contribution in [0.1, 0.15) is 45.6 Å². The summed E-state index contributed by atoms with van der Waals surface area (Å²) in [5.74, 6) is 8.66. The van der Waals surface area contributed by atoms with Crippen LogP contribution < -0.4 is 16.0 Å². The molecule has 0 saturated heterocycles. The molecule has 0 radical (unpaired) electrons. The first-order valence-corrected chi connectivity index (χ1v) is 7.47. The van der Waals surface area contributed by atoms with Gasteiger partial charge < -0.3 is 10.2 Å². The number of nitrogen functional groups attached to an aromatic ring is 1. The van der Waals surface area contributed by atoms with E-state index in [1.54, 1.807) is 0 Å². The summed E-state index contributed by atoms with van der Waals surface area (Å²) in [6.07, 6.45) is 5.35. The Morgan fingerprint density at radius 2 is 2.10 bits per heavy atom. The van der Waals surface area contributed by atoms with E-state index in [9.17, 15) is 0 Å². The molecular weight excluding hydrogens is 252 g/mol. The van der Waals surface area contributed by atoms with Gasteiger partial charge in [-0.15, -0.1) is 0 Å². The summed E-state index contributed by atoms with van der Waals surface area (Å²) in [6.45, 7) is 8.78. The smallest absolute Gasteiger partial charge is 0.221 e. The number of nitrogens with two attached hydrogens (primary N) is 1. The predicted octanol–water partition coefficient (Wildman–Crippen LogP) is 2.91. The highest BCUT2D eigenvalue weighted by Crippen LogP contribution is 2.36. The molecule has 5 heteroatoms. The van der Waals surface area contributed by atoms with Gasteiger partial charge in [0.2, 0.25) is 5.88 Å². The molecule has 0 spiro atoms. The standard InChI is InChI=1S/C15H26N4O/c1-9(2)12-6-5-10(3)7-13(12)20-15-11(4)14(19-16)17-8-18-15/h8-10,12-13H,5-7,16H2,1-4H3,(H,17,18,19). The van der Waals surface area contributed by atoms with E-state index in [4.69, 9.17) is 10.6 Å². The molecule has 3 unspecified atom stereocenters. The first kappa shape index (κ1) is 15.0. The molecule has 0 amide bonds. The molecule has 0 aliphatic heterocycles. The molecule has 0 bridgehead atoms. The van der Waals surface area contributed by atoms with Gasteiger partial charge in [0.15, 0.2) is 0 Å². The van der Waals surface area contributed by atoms with Gasteiger partial charge in [0, 0.05) is 0 Å². The Labute approximate surface area is 121 Å². The summed E-state index contributed by atoms with van der Waals surface area (Å²) in [5, 5.41) is 0. The van der Waals surface area contributed by atoms with Crippen molar-refractivity contribution in [2.45, 2.75) is 53.1 Å². The van der Waals surface area contributed by atoms with E-state index in [0.717, 1.165) is 12.0 Å². The van der Waals surface area contributed by atoms with Crippen LogP contribution in [-0.2, 0) is 0 Å².